The van der Waals surface area contributed by atoms with Gasteiger partial charge in [-0.2, -0.15) is 0 Å². The molecule has 1 aliphatic rings. The minimum absolute atomic E-state index is 0.0122. The van der Waals surface area contributed by atoms with E-state index in [0.717, 1.165) is 23.7 Å². The van der Waals surface area contributed by atoms with Crippen LogP contribution in [0.5, 0.6) is 0 Å². The third-order valence-electron chi connectivity index (χ3n) is 3.43. The molecule has 1 atom stereocenters. The summed E-state index contributed by atoms with van der Waals surface area (Å²) in [6.45, 7) is 1.63. The highest BCUT2D eigenvalue weighted by Crippen LogP contribution is 2.31. The molecule has 0 saturated heterocycles. The molecular formula is C15H15NO3. The van der Waals surface area contributed by atoms with Gasteiger partial charge in [0, 0.05) is 22.7 Å². The molecule has 1 saturated carbocycles. The summed E-state index contributed by atoms with van der Waals surface area (Å²) in [6, 6.07) is 7.58. The minimum Gasteiger partial charge on any atom is -0.454 e. The number of carbonyl (C=O) groups excluding carboxylic acids is 2. The highest BCUT2D eigenvalue weighted by Gasteiger charge is 2.33. The number of para-hydroxylation sites is 1. The summed E-state index contributed by atoms with van der Waals surface area (Å²) in [4.78, 5) is 26.9. The van der Waals surface area contributed by atoms with Crippen molar-refractivity contribution < 1.29 is 14.3 Å². The molecule has 1 aromatic carbocycles. The van der Waals surface area contributed by atoms with Gasteiger partial charge in [0.1, 0.15) is 0 Å². The Morgan fingerprint density at radius 2 is 2.05 bits per heavy atom. The highest BCUT2D eigenvalue weighted by molar-refractivity contribution is 6.10. The molecule has 1 aliphatic carbocycles. The Labute approximate surface area is 110 Å². The van der Waals surface area contributed by atoms with E-state index in [9.17, 15) is 9.59 Å². The standard InChI is InChI=1S/C15H15NO3/c1-9(19-15(18)10-6-7-10)14(17)12-8-16-13-5-3-2-4-11(12)13/h2-5,8-10,16H,6-7H2,1H3/t9-/m1/s1. The zero-order valence-electron chi connectivity index (χ0n) is 10.7. The molecule has 0 bridgehead atoms. The highest BCUT2D eigenvalue weighted by atomic mass is 16.5. The van der Waals surface area contributed by atoms with Crippen LogP contribution in [0.1, 0.15) is 30.1 Å². The Hall–Kier alpha value is -2.10. The van der Waals surface area contributed by atoms with E-state index in [0.29, 0.717) is 5.56 Å². The number of ketones is 1. The second-order valence-corrected chi connectivity index (χ2v) is 4.97. The maximum absolute atomic E-state index is 12.3. The van der Waals surface area contributed by atoms with Crippen molar-refractivity contribution in [3.63, 3.8) is 0 Å². The molecule has 1 aromatic heterocycles. The smallest absolute Gasteiger partial charge is 0.309 e. The Morgan fingerprint density at radius 1 is 1.32 bits per heavy atom. The van der Waals surface area contributed by atoms with Crippen LogP contribution >= 0.6 is 0 Å². The van der Waals surface area contributed by atoms with Crippen LogP contribution in [0.3, 0.4) is 0 Å². The normalized spacial score (nSPS) is 16.3. The van der Waals surface area contributed by atoms with Gasteiger partial charge in [0.25, 0.3) is 0 Å². The van der Waals surface area contributed by atoms with Crippen molar-refractivity contribution >= 4 is 22.7 Å². The third-order valence-corrected chi connectivity index (χ3v) is 3.43. The van der Waals surface area contributed by atoms with Crippen molar-refractivity contribution in [3.8, 4) is 0 Å². The molecule has 1 heterocycles. The Kier molecular flexibility index (Phi) is 2.85. The number of H-pyrrole nitrogens is 1. The summed E-state index contributed by atoms with van der Waals surface area (Å²) in [5.74, 6) is -0.398. The van der Waals surface area contributed by atoms with E-state index < -0.39 is 6.10 Å². The van der Waals surface area contributed by atoms with Crippen molar-refractivity contribution in [3.05, 3.63) is 36.0 Å². The first-order valence-electron chi connectivity index (χ1n) is 6.47. The number of Topliss-reactive ketones (excluding diaryl/α,β-unsaturated/α-hetero) is 1. The molecule has 0 radical (unpaired) electrons. The summed E-state index contributed by atoms with van der Waals surface area (Å²) in [6.07, 6.45) is 2.71. The summed E-state index contributed by atoms with van der Waals surface area (Å²) in [5, 5.41) is 0.863. The van der Waals surface area contributed by atoms with Gasteiger partial charge in [-0.25, -0.2) is 0 Å². The van der Waals surface area contributed by atoms with Crippen LogP contribution in [0.25, 0.3) is 10.9 Å². The molecule has 19 heavy (non-hydrogen) atoms. The van der Waals surface area contributed by atoms with E-state index in [4.69, 9.17) is 4.74 Å². The van der Waals surface area contributed by atoms with E-state index in [-0.39, 0.29) is 17.7 Å². The number of aromatic nitrogens is 1. The number of hydrogen-bond acceptors (Lipinski definition) is 3. The van der Waals surface area contributed by atoms with Crippen molar-refractivity contribution in [2.75, 3.05) is 0 Å². The van der Waals surface area contributed by atoms with Crippen molar-refractivity contribution in [1.29, 1.82) is 0 Å². The van der Waals surface area contributed by atoms with Gasteiger partial charge < -0.3 is 9.72 Å². The van der Waals surface area contributed by atoms with Gasteiger partial charge >= 0.3 is 5.97 Å². The number of hydrogen-bond donors (Lipinski definition) is 1. The van der Waals surface area contributed by atoms with E-state index in [1.807, 2.05) is 24.3 Å². The first kappa shape index (κ1) is 12.0. The number of rotatable bonds is 4. The van der Waals surface area contributed by atoms with Crippen LogP contribution in [0, 0.1) is 5.92 Å². The number of nitrogens with one attached hydrogen (secondary N) is 1. The number of benzene rings is 1. The topological polar surface area (TPSA) is 59.2 Å². The van der Waals surface area contributed by atoms with Crippen LogP contribution in [0.15, 0.2) is 30.5 Å². The Morgan fingerprint density at radius 3 is 2.79 bits per heavy atom. The molecule has 2 aromatic rings. The fourth-order valence-corrected chi connectivity index (χ4v) is 2.14. The molecule has 0 spiro atoms. The average Bonchev–Trinajstić information content (AvgIpc) is 3.18. The van der Waals surface area contributed by atoms with Crippen LogP contribution in [0.2, 0.25) is 0 Å². The second-order valence-electron chi connectivity index (χ2n) is 4.97. The molecule has 0 aliphatic heterocycles. The lowest BCUT2D eigenvalue weighted by Crippen LogP contribution is -2.24. The lowest BCUT2D eigenvalue weighted by Gasteiger charge is -2.11. The molecular weight excluding hydrogens is 242 g/mol. The molecule has 3 rings (SSSR count). The first-order valence-corrected chi connectivity index (χ1v) is 6.47. The predicted molar refractivity (Wildman–Crippen MR) is 70.9 cm³/mol. The number of esters is 1. The van der Waals surface area contributed by atoms with E-state index in [1.54, 1.807) is 13.1 Å². The van der Waals surface area contributed by atoms with Gasteiger partial charge in [-0.3, -0.25) is 9.59 Å². The van der Waals surface area contributed by atoms with Gasteiger partial charge in [0.05, 0.1) is 5.92 Å². The predicted octanol–water partition coefficient (Wildman–Crippen LogP) is 2.69. The minimum atomic E-state index is -0.729. The van der Waals surface area contributed by atoms with Gasteiger partial charge in [-0.15, -0.1) is 0 Å². The molecule has 4 heteroatoms. The van der Waals surface area contributed by atoms with Gasteiger partial charge in [0.15, 0.2) is 6.10 Å². The molecule has 0 amide bonds. The molecule has 1 fully saturated rings. The molecule has 1 N–H and O–H groups in total. The van der Waals surface area contributed by atoms with E-state index in [2.05, 4.69) is 4.98 Å². The summed E-state index contributed by atoms with van der Waals surface area (Å²) >= 11 is 0. The second kappa shape index (κ2) is 4.53. The maximum Gasteiger partial charge on any atom is 0.309 e. The lowest BCUT2D eigenvalue weighted by atomic mass is 10.1. The monoisotopic (exact) mass is 257 g/mol. The number of fused-ring (bicyclic) bond motifs is 1. The lowest BCUT2D eigenvalue weighted by molar-refractivity contribution is -0.147. The number of aromatic amines is 1. The zero-order valence-corrected chi connectivity index (χ0v) is 10.7. The average molecular weight is 257 g/mol. The van der Waals surface area contributed by atoms with Gasteiger partial charge in [-0.1, -0.05) is 18.2 Å². The molecule has 98 valence electrons. The Bertz CT molecular complexity index is 640. The van der Waals surface area contributed by atoms with Crippen LogP contribution in [-0.4, -0.2) is 22.8 Å². The van der Waals surface area contributed by atoms with Gasteiger partial charge in [-0.05, 0) is 25.8 Å². The van der Waals surface area contributed by atoms with E-state index >= 15 is 0 Å². The summed E-state index contributed by atoms with van der Waals surface area (Å²) < 4.78 is 5.21. The Balaban J connectivity index is 1.80. The SMILES string of the molecule is C[C@@H](OC(=O)C1CC1)C(=O)c1c[nH]c2ccccc12. The molecule has 0 unspecified atom stereocenters. The largest absolute Gasteiger partial charge is 0.454 e. The summed E-state index contributed by atoms with van der Waals surface area (Å²) in [5.41, 5.74) is 1.48. The fraction of sp³-hybridized carbons (Fsp3) is 0.333. The van der Waals surface area contributed by atoms with E-state index in [1.165, 1.54) is 0 Å². The zero-order chi connectivity index (χ0) is 13.4. The third kappa shape index (κ3) is 2.26. The number of ether oxygens (including phenoxy) is 1. The van der Waals surface area contributed by atoms with Crippen molar-refractivity contribution in [1.82, 2.24) is 4.98 Å². The quantitative estimate of drug-likeness (QED) is 0.676. The fourth-order valence-electron chi connectivity index (χ4n) is 2.14. The number of carbonyl (C=O) groups is 2. The van der Waals surface area contributed by atoms with Crippen molar-refractivity contribution in [2.45, 2.75) is 25.9 Å². The summed E-state index contributed by atoms with van der Waals surface area (Å²) in [7, 11) is 0. The van der Waals surface area contributed by atoms with Gasteiger partial charge in [0.2, 0.25) is 5.78 Å². The van der Waals surface area contributed by atoms with Crippen LogP contribution in [-0.2, 0) is 9.53 Å². The molecule has 4 nitrogen and oxygen atoms in total. The maximum atomic E-state index is 12.3. The van der Waals surface area contributed by atoms with Crippen LogP contribution < -0.4 is 0 Å². The van der Waals surface area contributed by atoms with Crippen molar-refractivity contribution in [2.24, 2.45) is 5.92 Å². The van der Waals surface area contributed by atoms with Crippen LogP contribution in [0.4, 0.5) is 0 Å². The first-order chi connectivity index (χ1) is 9.16.